The van der Waals surface area contributed by atoms with Crippen molar-refractivity contribution in [1.29, 1.82) is 0 Å². The Balaban J connectivity index is 0.00000196. The molecule has 0 aliphatic carbocycles. The summed E-state index contributed by atoms with van der Waals surface area (Å²) >= 11 is 0. The number of nitrogens with two attached hydrogens (primary N) is 1. The minimum absolute atomic E-state index is 0. The Morgan fingerprint density at radius 1 is 1.40 bits per heavy atom. The van der Waals surface area contributed by atoms with Crippen molar-refractivity contribution in [3.63, 3.8) is 0 Å². The van der Waals surface area contributed by atoms with Gasteiger partial charge < -0.3 is 5.73 Å². The van der Waals surface area contributed by atoms with E-state index >= 15 is 0 Å². The molecule has 86 valence electrons. The van der Waals surface area contributed by atoms with Crippen LogP contribution in [0.15, 0.2) is 18.2 Å². The average molecular weight is 232 g/mol. The van der Waals surface area contributed by atoms with Gasteiger partial charge in [-0.2, -0.15) is 0 Å². The predicted octanol–water partition coefficient (Wildman–Crippen LogP) is 3.60. The largest absolute Gasteiger partial charge is 0.324 e. The van der Waals surface area contributed by atoms with Crippen LogP contribution in [-0.4, -0.2) is 0 Å². The SMILES string of the molecule is CCC(C)[C@@H](N)c1ccc(F)cc1C.Cl. The Labute approximate surface area is 97.3 Å². The molecule has 2 atom stereocenters. The van der Waals surface area contributed by atoms with Crippen LogP contribution in [-0.2, 0) is 0 Å². The topological polar surface area (TPSA) is 26.0 Å². The highest BCUT2D eigenvalue weighted by atomic mass is 35.5. The molecule has 15 heavy (non-hydrogen) atoms. The molecule has 1 nitrogen and oxygen atoms in total. The molecule has 0 fully saturated rings. The monoisotopic (exact) mass is 231 g/mol. The van der Waals surface area contributed by atoms with Crippen molar-refractivity contribution in [2.75, 3.05) is 0 Å². The first-order valence-corrected chi connectivity index (χ1v) is 5.08. The van der Waals surface area contributed by atoms with Gasteiger partial charge in [0.15, 0.2) is 0 Å². The third-order valence-corrected chi connectivity index (χ3v) is 2.85. The second kappa shape index (κ2) is 6.09. The van der Waals surface area contributed by atoms with E-state index in [4.69, 9.17) is 5.73 Å². The lowest BCUT2D eigenvalue weighted by atomic mass is 9.91. The lowest BCUT2D eigenvalue weighted by Gasteiger charge is -2.20. The van der Waals surface area contributed by atoms with Crippen molar-refractivity contribution in [2.24, 2.45) is 11.7 Å². The first kappa shape index (κ1) is 14.4. The number of halogens is 2. The smallest absolute Gasteiger partial charge is 0.123 e. The Kier molecular flexibility index (Phi) is 5.84. The van der Waals surface area contributed by atoms with Crippen molar-refractivity contribution in [1.82, 2.24) is 0 Å². The highest BCUT2D eigenvalue weighted by molar-refractivity contribution is 5.85. The summed E-state index contributed by atoms with van der Waals surface area (Å²) in [6.45, 7) is 6.14. The van der Waals surface area contributed by atoms with Gasteiger partial charge in [0.25, 0.3) is 0 Å². The van der Waals surface area contributed by atoms with Gasteiger partial charge in [0.05, 0.1) is 0 Å². The lowest BCUT2D eigenvalue weighted by molar-refractivity contribution is 0.454. The maximum Gasteiger partial charge on any atom is 0.123 e. The molecule has 1 unspecified atom stereocenters. The van der Waals surface area contributed by atoms with Crippen LogP contribution in [0.4, 0.5) is 4.39 Å². The first-order chi connectivity index (χ1) is 6.56. The van der Waals surface area contributed by atoms with E-state index in [1.165, 1.54) is 12.1 Å². The molecule has 0 saturated carbocycles. The molecule has 1 aromatic rings. The molecule has 0 saturated heterocycles. The van der Waals surface area contributed by atoms with E-state index < -0.39 is 0 Å². The maximum atomic E-state index is 12.9. The van der Waals surface area contributed by atoms with Crippen molar-refractivity contribution >= 4 is 12.4 Å². The molecule has 0 radical (unpaired) electrons. The highest BCUT2D eigenvalue weighted by Crippen LogP contribution is 2.24. The fourth-order valence-electron chi connectivity index (χ4n) is 1.57. The second-order valence-corrected chi connectivity index (χ2v) is 3.91. The molecule has 3 heteroatoms. The number of hydrogen-bond donors (Lipinski definition) is 1. The zero-order valence-corrected chi connectivity index (χ0v) is 10.3. The van der Waals surface area contributed by atoms with E-state index in [1.807, 2.05) is 6.92 Å². The molecule has 0 amide bonds. The molecule has 0 spiro atoms. The summed E-state index contributed by atoms with van der Waals surface area (Å²) in [5, 5.41) is 0. The summed E-state index contributed by atoms with van der Waals surface area (Å²) in [5.41, 5.74) is 8.08. The summed E-state index contributed by atoms with van der Waals surface area (Å²) in [6.07, 6.45) is 1.04. The first-order valence-electron chi connectivity index (χ1n) is 5.08. The van der Waals surface area contributed by atoms with Crippen molar-refractivity contribution in [3.05, 3.63) is 35.1 Å². The van der Waals surface area contributed by atoms with Gasteiger partial charge in [-0.05, 0) is 36.1 Å². The van der Waals surface area contributed by atoms with Gasteiger partial charge in [-0.25, -0.2) is 4.39 Å². The fourth-order valence-corrected chi connectivity index (χ4v) is 1.57. The molecule has 0 heterocycles. The summed E-state index contributed by atoms with van der Waals surface area (Å²) in [5.74, 6) is 0.238. The third-order valence-electron chi connectivity index (χ3n) is 2.85. The van der Waals surface area contributed by atoms with Gasteiger partial charge in [-0.15, -0.1) is 12.4 Å². The molecule has 0 aliphatic heterocycles. The summed E-state index contributed by atoms with van der Waals surface area (Å²) < 4.78 is 12.9. The van der Waals surface area contributed by atoms with Crippen LogP contribution in [0.2, 0.25) is 0 Å². The standard InChI is InChI=1S/C12H18FN.ClH/c1-4-8(2)12(14)11-6-5-10(13)7-9(11)3;/h5-8,12H,4,14H2,1-3H3;1H/t8?,12-;/m1./s1. The minimum atomic E-state index is -0.192. The van der Waals surface area contributed by atoms with Crippen LogP contribution in [0, 0.1) is 18.7 Å². The van der Waals surface area contributed by atoms with E-state index in [0.717, 1.165) is 17.5 Å². The normalized spacial score (nSPS) is 14.2. The van der Waals surface area contributed by atoms with E-state index in [2.05, 4.69) is 13.8 Å². The molecular formula is C12H19ClFN. The van der Waals surface area contributed by atoms with Crippen molar-refractivity contribution in [2.45, 2.75) is 33.2 Å². The van der Waals surface area contributed by atoms with Crippen LogP contribution >= 0.6 is 12.4 Å². The average Bonchev–Trinajstić information content (AvgIpc) is 2.15. The van der Waals surface area contributed by atoms with Crippen LogP contribution in [0.1, 0.15) is 37.4 Å². The zero-order valence-electron chi connectivity index (χ0n) is 9.46. The number of hydrogen-bond acceptors (Lipinski definition) is 1. The Morgan fingerprint density at radius 2 is 2.00 bits per heavy atom. The molecule has 0 bridgehead atoms. The van der Waals surface area contributed by atoms with Gasteiger partial charge >= 0.3 is 0 Å². The number of rotatable bonds is 3. The molecule has 2 N–H and O–H groups in total. The van der Waals surface area contributed by atoms with Crippen LogP contribution in [0.25, 0.3) is 0 Å². The fraction of sp³-hybridized carbons (Fsp3) is 0.500. The summed E-state index contributed by atoms with van der Waals surface area (Å²) in [4.78, 5) is 0. The van der Waals surface area contributed by atoms with Gasteiger partial charge in [0.2, 0.25) is 0 Å². The van der Waals surface area contributed by atoms with Gasteiger partial charge in [0.1, 0.15) is 5.82 Å². The summed E-state index contributed by atoms with van der Waals surface area (Å²) in [7, 11) is 0. The van der Waals surface area contributed by atoms with Crippen LogP contribution in [0.5, 0.6) is 0 Å². The molecule has 0 aliphatic rings. The van der Waals surface area contributed by atoms with E-state index in [9.17, 15) is 4.39 Å². The Bertz CT molecular complexity index is 314. The van der Waals surface area contributed by atoms with Crippen molar-refractivity contribution in [3.8, 4) is 0 Å². The minimum Gasteiger partial charge on any atom is -0.324 e. The number of aryl methyl sites for hydroxylation is 1. The van der Waals surface area contributed by atoms with Crippen LogP contribution < -0.4 is 5.73 Å². The third kappa shape index (κ3) is 3.47. The highest BCUT2D eigenvalue weighted by Gasteiger charge is 2.15. The van der Waals surface area contributed by atoms with Gasteiger partial charge in [0, 0.05) is 6.04 Å². The van der Waals surface area contributed by atoms with Crippen molar-refractivity contribution < 1.29 is 4.39 Å². The maximum absolute atomic E-state index is 12.9. The molecular weight excluding hydrogens is 213 g/mol. The molecule has 1 aromatic carbocycles. The van der Waals surface area contributed by atoms with Crippen LogP contribution in [0.3, 0.4) is 0 Å². The summed E-state index contributed by atoms with van der Waals surface area (Å²) in [6, 6.07) is 4.82. The van der Waals surface area contributed by atoms with Gasteiger partial charge in [-0.3, -0.25) is 0 Å². The zero-order chi connectivity index (χ0) is 10.7. The lowest BCUT2D eigenvalue weighted by Crippen LogP contribution is -2.19. The van der Waals surface area contributed by atoms with E-state index in [0.29, 0.717) is 5.92 Å². The molecule has 0 aromatic heterocycles. The Hall–Kier alpha value is -0.600. The van der Waals surface area contributed by atoms with Gasteiger partial charge in [-0.1, -0.05) is 26.3 Å². The quantitative estimate of drug-likeness (QED) is 0.845. The van der Waals surface area contributed by atoms with E-state index in [1.54, 1.807) is 6.07 Å². The Morgan fingerprint density at radius 3 is 2.47 bits per heavy atom. The second-order valence-electron chi connectivity index (χ2n) is 3.91. The van der Waals surface area contributed by atoms with E-state index in [-0.39, 0.29) is 24.3 Å². The number of benzene rings is 1. The molecule has 1 rings (SSSR count). The predicted molar refractivity (Wildman–Crippen MR) is 64.8 cm³/mol.